The predicted octanol–water partition coefficient (Wildman–Crippen LogP) is 6.47. The van der Waals surface area contributed by atoms with Crippen molar-refractivity contribution < 1.29 is 24.2 Å². The smallest absolute Gasteiger partial charge is 0.326 e. The average molecular weight is 546 g/mol. The van der Waals surface area contributed by atoms with Gasteiger partial charge in [-0.25, -0.2) is 4.79 Å². The summed E-state index contributed by atoms with van der Waals surface area (Å²) in [5, 5.41) is 14.8. The Morgan fingerprint density at radius 1 is 0.659 bits per heavy atom. The molecule has 0 fully saturated rings. The van der Waals surface area contributed by atoms with E-state index in [0.29, 0.717) is 30.3 Å². The average Bonchev–Trinajstić information content (AvgIpc) is 3.01. The Balaban J connectivity index is 1.11. The SMILES string of the molecule is O=C(N[C@@H](Cc1ccc(OCc2ccccc2)cc1)C(=O)O)c1ccc(OCCc2ccc3ccccc3c2)cc1. The van der Waals surface area contributed by atoms with Crippen LogP contribution in [0.15, 0.2) is 121 Å². The first kappa shape index (κ1) is 27.5. The van der Waals surface area contributed by atoms with E-state index in [2.05, 4.69) is 35.6 Å². The number of ether oxygens (including phenoxy) is 2. The molecule has 0 aliphatic carbocycles. The molecule has 0 spiro atoms. The standard InChI is InChI=1S/C35H31NO5/c37-34(29-14-18-31(19-15-29)40-21-20-26-10-13-28-8-4-5-9-30(28)22-26)36-33(35(38)39)23-25-11-16-32(17-12-25)41-24-27-6-2-1-3-7-27/h1-19,22,33H,20-21,23-24H2,(H,36,37)(H,38,39)/t33-/m0/s1. The first-order chi connectivity index (χ1) is 20.0. The second-order valence-corrected chi connectivity index (χ2v) is 9.79. The zero-order valence-electron chi connectivity index (χ0n) is 22.5. The maximum absolute atomic E-state index is 12.8. The summed E-state index contributed by atoms with van der Waals surface area (Å²) in [4.78, 5) is 24.7. The third kappa shape index (κ3) is 7.73. The van der Waals surface area contributed by atoms with E-state index in [9.17, 15) is 14.7 Å². The van der Waals surface area contributed by atoms with Gasteiger partial charge in [-0.05, 0) is 63.9 Å². The van der Waals surface area contributed by atoms with E-state index in [1.54, 1.807) is 36.4 Å². The Morgan fingerprint density at radius 3 is 2.02 bits per heavy atom. The van der Waals surface area contributed by atoms with Crippen LogP contribution >= 0.6 is 0 Å². The van der Waals surface area contributed by atoms with Crippen molar-refractivity contribution in [2.75, 3.05) is 6.61 Å². The lowest BCUT2D eigenvalue weighted by molar-refractivity contribution is -0.139. The number of rotatable bonds is 12. The molecule has 5 aromatic rings. The summed E-state index contributed by atoms with van der Waals surface area (Å²) in [6.07, 6.45) is 0.906. The second kappa shape index (κ2) is 13.3. The van der Waals surface area contributed by atoms with Crippen LogP contribution in [0.25, 0.3) is 10.8 Å². The number of hydrogen-bond donors (Lipinski definition) is 2. The topological polar surface area (TPSA) is 84.9 Å². The van der Waals surface area contributed by atoms with Crippen molar-refractivity contribution in [2.45, 2.75) is 25.5 Å². The summed E-state index contributed by atoms with van der Waals surface area (Å²) in [7, 11) is 0. The maximum atomic E-state index is 12.8. The largest absolute Gasteiger partial charge is 0.493 e. The van der Waals surface area contributed by atoms with Gasteiger partial charge in [0.25, 0.3) is 5.91 Å². The number of carbonyl (C=O) groups excluding carboxylic acids is 1. The Hall–Kier alpha value is -5.10. The van der Waals surface area contributed by atoms with Gasteiger partial charge < -0.3 is 19.9 Å². The Bertz CT molecular complexity index is 1600. The molecule has 1 atom stereocenters. The summed E-state index contributed by atoms with van der Waals surface area (Å²) in [5.41, 5.74) is 3.39. The molecular formula is C35H31NO5. The van der Waals surface area contributed by atoms with Gasteiger partial charge in [0.2, 0.25) is 0 Å². The van der Waals surface area contributed by atoms with Crippen LogP contribution in [0.1, 0.15) is 27.0 Å². The monoisotopic (exact) mass is 545 g/mol. The molecule has 0 saturated heterocycles. The molecule has 0 saturated carbocycles. The van der Waals surface area contributed by atoms with E-state index in [-0.39, 0.29) is 6.42 Å². The molecule has 0 heterocycles. The van der Waals surface area contributed by atoms with Gasteiger partial charge in [-0.2, -0.15) is 0 Å². The van der Waals surface area contributed by atoms with E-state index in [0.717, 1.165) is 17.5 Å². The third-order valence-electron chi connectivity index (χ3n) is 6.80. The van der Waals surface area contributed by atoms with Gasteiger partial charge in [0.05, 0.1) is 6.61 Å². The van der Waals surface area contributed by atoms with Crippen molar-refractivity contribution in [1.82, 2.24) is 5.32 Å². The highest BCUT2D eigenvalue weighted by atomic mass is 16.5. The van der Waals surface area contributed by atoms with Crippen LogP contribution in [0, 0.1) is 0 Å². The lowest BCUT2D eigenvalue weighted by Crippen LogP contribution is -2.42. The molecule has 6 heteroatoms. The summed E-state index contributed by atoms with van der Waals surface area (Å²) >= 11 is 0. The molecule has 0 bridgehead atoms. The van der Waals surface area contributed by atoms with Gasteiger partial charge >= 0.3 is 5.97 Å². The lowest BCUT2D eigenvalue weighted by atomic mass is 10.1. The van der Waals surface area contributed by atoms with Crippen LogP contribution in [0.3, 0.4) is 0 Å². The molecule has 0 unspecified atom stereocenters. The number of amides is 1. The van der Waals surface area contributed by atoms with Crippen LogP contribution in [-0.2, 0) is 24.2 Å². The molecule has 0 radical (unpaired) electrons. The van der Waals surface area contributed by atoms with Gasteiger partial charge in [0, 0.05) is 18.4 Å². The van der Waals surface area contributed by atoms with Gasteiger partial charge in [0.1, 0.15) is 24.1 Å². The van der Waals surface area contributed by atoms with E-state index in [4.69, 9.17) is 9.47 Å². The number of nitrogens with one attached hydrogen (secondary N) is 1. The highest BCUT2D eigenvalue weighted by molar-refractivity contribution is 5.96. The number of fused-ring (bicyclic) bond motifs is 1. The van der Waals surface area contributed by atoms with Crippen molar-refractivity contribution in [3.63, 3.8) is 0 Å². The highest BCUT2D eigenvalue weighted by Gasteiger charge is 2.21. The lowest BCUT2D eigenvalue weighted by Gasteiger charge is -2.15. The normalized spacial score (nSPS) is 11.5. The summed E-state index contributed by atoms with van der Waals surface area (Å²) in [6, 6.07) is 37.3. The minimum Gasteiger partial charge on any atom is -0.493 e. The van der Waals surface area contributed by atoms with Gasteiger partial charge in [-0.3, -0.25) is 4.79 Å². The molecule has 5 aromatic carbocycles. The summed E-state index contributed by atoms with van der Waals surface area (Å²) in [6.45, 7) is 0.948. The summed E-state index contributed by atoms with van der Waals surface area (Å²) < 4.78 is 11.7. The number of carboxylic acid groups (broad SMARTS) is 1. The van der Waals surface area contributed by atoms with Crippen LogP contribution in [0.2, 0.25) is 0 Å². The summed E-state index contributed by atoms with van der Waals surface area (Å²) in [5.74, 6) is -0.223. The van der Waals surface area contributed by atoms with Crippen molar-refractivity contribution in [3.8, 4) is 11.5 Å². The molecule has 1 amide bonds. The van der Waals surface area contributed by atoms with Gasteiger partial charge in [0.15, 0.2) is 0 Å². The molecular weight excluding hydrogens is 514 g/mol. The number of hydrogen-bond acceptors (Lipinski definition) is 4. The Morgan fingerprint density at radius 2 is 1.29 bits per heavy atom. The molecule has 206 valence electrons. The maximum Gasteiger partial charge on any atom is 0.326 e. The number of carboxylic acids is 1. The highest BCUT2D eigenvalue weighted by Crippen LogP contribution is 2.18. The van der Waals surface area contributed by atoms with Crippen molar-refractivity contribution in [3.05, 3.63) is 144 Å². The van der Waals surface area contributed by atoms with Gasteiger partial charge in [-0.1, -0.05) is 84.9 Å². The molecule has 5 rings (SSSR count). The minimum atomic E-state index is -1.10. The predicted molar refractivity (Wildman–Crippen MR) is 159 cm³/mol. The van der Waals surface area contributed by atoms with Crippen LogP contribution in [0.5, 0.6) is 11.5 Å². The van der Waals surface area contributed by atoms with Crippen molar-refractivity contribution in [1.29, 1.82) is 0 Å². The number of carbonyl (C=O) groups is 2. The Labute approximate surface area is 239 Å². The molecule has 6 nitrogen and oxygen atoms in total. The molecule has 0 aliphatic rings. The van der Waals surface area contributed by atoms with E-state index < -0.39 is 17.9 Å². The van der Waals surface area contributed by atoms with E-state index in [1.165, 1.54) is 16.3 Å². The quantitative estimate of drug-likeness (QED) is 0.188. The Kier molecular flexibility index (Phi) is 8.91. The third-order valence-corrected chi connectivity index (χ3v) is 6.80. The fourth-order valence-corrected chi connectivity index (χ4v) is 4.52. The minimum absolute atomic E-state index is 0.149. The molecule has 0 aromatic heterocycles. The first-order valence-electron chi connectivity index (χ1n) is 13.5. The van der Waals surface area contributed by atoms with Gasteiger partial charge in [-0.15, -0.1) is 0 Å². The molecule has 41 heavy (non-hydrogen) atoms. The zero-order chi connectivity index (χ0) is 28.4. The molecule has 0 aliphatic heterocycles. The van der Waals surface area contributed by atoms with E-state index in [1.807, 2.05) is 54.6 Å². The molecule has 2 N–H and O–H groups in total. The van der Waals surface area contributed by atoms with Crippen molar-refractivity contribution in [2.24, 2.45) is 0 Å². The van der Waals surface area contributed by atoms with Crippen LogP contribution < -0.4 is 14.8 Å². The first-order valence-corrected chi connectivity index (χ1v) is 13.5. The second-order valence-electron chi connectivity index (χ2n) is 9.79. The van der Waals surface area contributed by atoms with E-state index >= 15 is 0 Å². The van der Waals surface area contributed by atoms with Crippen molar-refractivity contribution >= 4 is 22.6 Å². The number of benzene rings is 5. The van der Waals surface area contributed by atoms with Crippen LogP contribution in [-0.4, -0.2) is 29.6 Å². The fourth-order valence-electron chi connectivity index (χ4n) is 4.52. The zero-order valence-corrected chi connectivity index (χ0v) is 22.5. The fraction of sp³-hybridized carbons (Fsp3) is 0.143. The number of aliphatic carboxylic acids is 1. The van der Waals surface area contributed by atoms with Crippen LogP contribution in [0.4, 0.5) is 0 Å².